The molecule has 3 aromatic heterocycles. The number of fused-ring (bicyclic) bond motifs is 4. The summed E-state index contributed by atoms with van der Waals surface area (Å²) >= 11 is 12.8. The molecule has 2 aromatic carbocycles. The second-order valence-corrected chi connectivity index (χ2v) is 15.2. The number of hydrogen-bond acceptors (Lipinski definition) is 6. The van der Waals surface area contributed by atoms with E-state index in [4.69, 9.17) is 28.3 Å². The Kier molecular flexibility index (Phi) is 10.9. The van der Waals surface area contributed by atoms with Crippen LogP contribution in [0.1, 0.15) is 73.5 Å². The number of rotatable bonds is 6. The van der Waals surface area contributed by atoms with E-state index in [1.165, 1.54) is 19.4 Å². The van der Waals surface area contributed by atoms with Crippen LogP contribution in [0.15, 0.2) is 42.7 Å². The number of carbonyl (C=O) groups is 1. The summed E-state index contributed by atoms with van der Waals surface area (Å²) in [5.41, 5.74) is 4.31. The monoisotopic (exact) mass is 783 g/mol. The molecule has 5 aliphatic rings. The molecule has 2 bridgehead atoms. The number of aromatic amines is 1. The molecule has 1 unspecified atom stereocenters. The lowest BCUT2D eigenvalue weighted by Crippen LogP contribution is -2.31. The molecule has 5 fully saturated rings. The maximum Gasteiger partial charge on any atom is 0.504 e. The Labute approximate surface area is 319 Å². The first-order chi connectivity index (χ1) is 25.9. The second kappa shape index (κ2) is 15.5. The third kappa shape index (κ3) is 7.67. The van der Waals surface area contributed by atoms with Crippen LogP contribution in [0.3, 0.4) is 0 Å². The quantitative estimate of drug-likeness (QED) is 0.148. The second-order valence-electron chi connectivity index (χ2n) is 14.4. The average Bonchev–Trinajstić information content (AvgIpc) is 3.72. The van der Waals surface area contributed by atoms with E-state index in [0.29, 0.717) is 39.2 Å². The number of carbonyl (C=O) groups excluding carboxylic acids is 1. The minimum atomic E-state index is -4.49. The van der Waals surface area contributed by atoms with Gasteiger partial charge in [-0.1, -0.05) is 35.3 Å². The SMILES string of the molecule is C1NC2CC1C2.Cc1nc2c(F)c(-c3cccc(Cl)c3Cl)c(CCC#N)cc2c2[nH]c(C3CCCN3C(=O)C3CC3)cc12.OCc1cnn(C(F)(F)F)c1. The topological polar surface area (TPSA) is 123 Å². The summed E-state index contributed by atoms with van der Waals surface area (Å²) < 4.78 is 51.4. The predicted octanol–water partition coefficient (Wildman–Crippen LogP) is 8.89. The molecule has 0 spiro atoms. The number of alkyl halides is 3. The molecule has 3 saturated heterocycles. The van der Waals surface area contributed by atoms with Gasteiger partial charge in [0, 0.05) is 70.0 Å². The van der Waals surface area contributed by atoms with E-state index in [2.05, 4.69) is 32.5 Å². The molecule has 9 nitrogen and oxygen atoms in total. The van der Waals surface area contributed by atoms with Crippen molar-refractivity contribution in [3.8, 4) is 17.2 Å². The van der Waals surface area contributed by atoms with Crippen LogP contribution in [-0.4, -0.2) is 54.8 Å². The number of halogens is 6. The van der Waals surface area contributed by atoms with Gasteiger partial charge in [0.25, 0.3) is 0 Å². The molecule has 1 amide bonds. The first-order valence-corrected chi connectivity index (χ1v) is 18.8. The molecular weight excluding hydrogens is 745 g/mol. The number of likely N-dealkylation sites (tertiary alicyclic amines) is 1. The normalized spacial score (nSPS) is 20.3. The van der Waals surface area contributed by atoms with Crippen LogP contribution >= 0.6 is 23.2 Å². The van der Waals surface area contributed by atoms with Crippen LogP contribution in [0.2, 0.25) is 10.0 Å². The first-order valence-electron chi connectivity index (χ1n) is 18.1. The lowest BCUT2D eigenvalue weighted by molar-refractivity contribution is -0.212. The van der Waals surface area contributed by atoms with E-state index >= 15 is 4.39 Å². The molecule has 2 saturated carbocycles. The summed E-state index contributed by atoms with van der Waals surface area (Å²) in [5.74, 6) is 1.01. The summed E-state index contributed by atoms with van der Waals surface area (Å²) in [5, 5.41) is 26.2. The Hall–Kier alpha value is -4.22. The van der Waals surface area contributed by atoms with E-state index in [0.717, 1.165) is 73.2 Å². The lowest BCUT2D eigenvalue weighted by atomic mass is 9.87. The van der Waals surface area contributed by atoms with Crippen LogP contribution < -0.4 is 5.32 Å². The molecule has 54 heavy (non-hydrogen) atoms. The van der Waals surface area contributed by atoms with Crippen molar-refractivity contribution in [2.75, 3.05) is 13.1 Å². The number of aliphatic hydroxyl groups is 1. The van der Waals surface area contributed by atoms with Crippen molar-refractivity contribution in [3.63, 3.8) is 0 Å². The van der Waals surface area contributed by atoms with Gasteiger partial charge in [0.2, 0.25) is 5.91 Å². The van der Waals surface area contributed by atoms with Gasteiger partial charge in [-0.2, -0.15) is 15.0 Å². The number of pyridine rings is 1. The number of amides is 1. The van der Waals surface area contributed by atoms with Gasteiger partial charge in [-0.05, 0) is 88.1 Å². The van der Waals surface area contributed by atoms with Crippen LogP contribution in [0, 0.1) is 35.9 Å². The predicted molar refractivity (Wildman–Crippen MR) is 198 cm³/mol. The highest BCUT2D eigenvalue weighted by Crippen LogP contribution is 2.43. The van der Waals surface area contributed by atoms with Gasteiger partial charge in [-0.3, -0.25) is 4.79 Å². The largest absolute Gasteiger partial charge is 0.504 e. The van der Waals surface area contributed by atoms with Gasteiger partial charge in [-0.15, -0.1) is 13.2 Å². The highest BCUT2D eigenvalue weighted by Gasteiger charge is 2.39. The van der Waals surface area contributed by atoms with Gasteiger partial charge in [0.05, 0.1) is 40.5 Å². The van der Waals surface area contributed by atoms with Crippen molar-refractivity contribution >= 4 is 50.9 Å². The Bertz CT molecular complexity index is 2220. The number of aromatic nitrogens is 4. The van der Waals surface area contributed by atoms with Gasteiger partial charge in [0.1, 0.15) is 5.52 Å². The van der Waals surface area contributed by atoms with Crippen molar-refractivity contribution < 1.29 is 27.5 Å². The summed E-state index contributed by atoms with van der Waals surface area (Å²) in [6.45, 7) is 3.51. The molecule has 15 heteroatoms. The molecular formula is C39H39Cl2F4N7O2. The van der Waals surface area contributed by atoms with E-state index < -0.39 is 18.7 Å². The molecule has 3 aliphatic heterocycles. The van der Waals surface area contributed by atoms with E-state index in [9.17, 15) is 23.2 Å². The summed E-state index contributed by atoms with van der Waals surface area (Å²) in [7, 11) is 0. The minimum Gasteiger partial charge on any atom is -0.392 e. The minimum absolute atomic E-state index is 0.0117. The molecule has 6 heterocycles. The van der Waals surface area contributed by atoms with Crippen molar-refractivity contribution in [3.05, 3.63) is 81.1 Å². The van der Waals surface area contributed by atoms with E-state index in [1.54, 1.807) is 18.2 Å². The summed E-state index contributed by atoms with van der Waals surface area (Å²) in [6, 6.07) is 12.2. The zero-order chi connectivity index (χ0) is 38.3. The van der Waals surface area contributed by atoms with E-state index in [1.807, 2.05) is 17.9 Å². The number of nitrogens with zero attached hydrogens (tertiary/aromatic N) is 5. The average molecular weight is 785 g/mol. The molecule has 2 aliphatic carbocycles. The van der Waals surface area contributed by atoms with Crippen LogP contribution in [0.4, 0.5) is 17.6 Å². The fourth-order valence-corrected chi connectivity index (χ4v) is 8.05. The van der Waals surface area contributed by atoms with Crippen molar-refractivity contribution in [1.29, 1.82) is 5.26 Å². The van der Waals surface area contributed by atoms with Gasteiger partial charge in [-0.25, -0.2) is 9.37 Å². The fraction of sp³-hybridized carbons (Fsp3) is 0.436. The number of nitriles is 1. The number of aryl methyl sites for hydroxylation is 2. The maximum absolute atomic E-state index is 16.3. The Morgan fingerprint density at radius 2 is 1.93 bits per heavy atom. The first kappa shape index (κ1) is 38.1. The third-order valence-electron chi connectivity index (χ3n) is 10.7. The zero-order valence-corrected chi connectivity index (χ0v) is 31.0. The molecule has 284 valence electrons. The highest BCUT2D eigenvalue weighted by molar-refractivity contribution is 6.43. The number of aliphatic hydroxyl groups excluding tert-OH is 1. The van der Waals surface area contributed by atoms with Gasteiger partial charge in [0.15, 0.2) is 5.82 Å². The van der Waals surface area contributed by atoms with Crippen LogP contribution in [-0.2, 0) is 24.1 Å². The van der Waals surface area contributed by atoms with Gasteiger partial charge < -0.3 is 20.3 Å². The number of benzene rings is 2. The third-order valence-corrected chi connectivity index (χ3v) is 11.5. The lowest BCUT2D eigenvalue weighted by Gasteiger charge is -2.24. The molecule has 1 atom stereocenters. The number of nitrogens with one attached hydrogen (secondary N) is 2. The molecule has 0 radical (unpaired) electrons. The molecule has 5 aromatic rings. The fourth-order valence-electron chi connectivity index (χ4n) is 7.65. The Morgan fingerprint density at radius 1 is 1.15 bits per heavy atom. The molecule has 3 N–H and O–H groups in total. The van der Waals surface area contributed by atoms with Crippen molar-refractivity contribution in [2.45, 2.75) is 83.3 Å². The maximum atomic E-state index is 16.3. The van der Waals surface area contributed by atoms with Crippen molar-refractivity contribution in [2.24, 2.45) is 11.8 Å². The zero-order valence-electron chi connectivity index (χ0n) is 29.5. The van der Waals surface area contributed by atoms with Crippen molar-refractivity contribution in [1.82, 2.24) is 30.0 Å². The summed E-state index contributed by atoms with van der Waals surface area (Å²) in [4.78, 5) is 23.1. The number of H-pyrrole nitrogens is 1. The Morgan fingerprint density at radius 3 is 2.52 bits per heavy atom. The highest BCUT2D eigenvalue weighted by atomic mass is 35.5. The van der Waals surface area contributed by atoms with Crippen LogP contribution in [0.5, 0.6) is 0 Å². The number of hydrogen-bond donors (Lipinski definition) is 3. The molecule has 10 rings (SSSR count). The van der Waals surface area contributed by atoms with Gasteiger partial charge >= 0.3 is 6.30 Å². The standard InChI is InChI=1S/C29H25Cl2FN4O.C5H5F3N2O.C5H9N/c1-15-19-14-22(23-8-4-12-36(23)29(37)16-9-10-16)35-27(19)20-13-17(5-3-11-33)24(26(32)28(20)34-15)18-6-2-7-21(30)25(18)31;6-5(7,8)10-2-4(3-11)1-9-10;1-4-2-5(1)6-3-4/h2,6-7,13-14,16,23,35H,3-5,8-10,12H2,1H3;1-2,11H,3H2;4-6H,1-3H2. The van der Waals surface area contributed by atoms with Crippen LogP contribution in [0.25, 0.3) is 32.9 Å². The smallest absolute Gasteiger partial charge is 0.392 e. The summed E-state index contributed by atoms with van der Waals surface area (Å²) in [6.07, 6.45) is 4.56. The Balaban J connectivity index is 0.000000215. The van der Waals surface area contributed by atoms with E-state index in [-0.39, 0.29) is 45.1 Å².